The lowest BCUT2D eigenvalue weighted by molar-refractivity contribution is -0.114. The molecule has 1 fully saturated rings. The minimum atomic E-state index is -0.467. The number of Topliss-reactive ketones (excluding diaryl/α,β-unsaturated/α-hetero) is 1. The van der Waals surface area contributed by atoms with Gasteiger partial charge in [0.2, 0.25) is 0 Å². The molecular weight excluding hydrogens is 256 g/mol. The van der Waals surface area contributed by atoms with Crippen LogP contribution in [0, 0.1) is 6.92 Å². The van der Waals surface area contributed by atoms with Gasteiger partial charge in [-0.3, -0.25) is 19.4 Å². The smallest absolute Gasteiger partial charge is 0.300 e. The number of aliphatic hydroxyl groups excluding tert-OH is 1. The molecule has 5 heteroatoms. The lowest BCUT2D eigenvalue weighted by Crippen LogP contribution is -2.46. The summed E-state index contributed by atoms with van der Waals surface area (Å²) in [6.07, 6.45) is 1.38. The second-order valence-electron chi connectivity index (χ2n) is 5.60. The number of benzene rings is 1. The number of hydrogen-bond acceptors (Lipinski definition) is 4. The zero-order chi connectivity index (χ0) is 14.3. The summed E-state index contributed by atoms with van der Waals surface area (Å²) >= 11 is 0. The number of carbonyl (C=O) groups excluding carboxylic acids is 2. The Bertz CT molecular complexity index is 570. The Balaban J connectivity index is 1.84. The fourth-order valence-electron chi connectivity index (χ4n) is 2.91. The van der Waals surface area contributed by atoms with E-state index in [1.807, 2.05) is 24.0 Å². The van der Waals surface area contributed by atoms with Crippen molar-refractivity contribution in [2.24, 2.45) is 0 Å². The maximum atomic E-state index is 12.1. The minimum Gasteiger partial charge on any atom is -0.392 e. The first kappa shape index (κ1) is 13.3. The van der Waals surface area contributed by atoms with Crippen molar-refractivity contribution < 1.29 is 14.7 Å². The lowest BCUT2D eigenvalue weighted by Gasteiger charge is -2.33. The number of ketones is 1. The van der Waals surface area contributed by atoms with Crippen molar-refractivity contribution in [3.8, 4) is 0 Å². The largest absolute Gasteiger partial charge is 0.392 e. The molecule has 0 unspecified atom stereocenters. The van der Waals surface area contributed by atoms with Gasteiger partial charge in [0.1, 0.15) is 0 Å². The Morgan fingerprint density at radius 3 is 2.90 bits per heavy atom. The van der Waals surface area contributed by atoms with Crippen LogP contribution in [0.25, 0.3) is 0 Å². The molecule has 106 valence electrons. The van der Waals surface area contributed by atoms with Crippen LogP contribution in [0.15, 0.2) is 18.2 Å². The molecule has 1 aromatic rings. The van der Waals surface area contributed by atoms with E-state index in [0.29, 0.717) is 24.5 Å². The van der Waals surface area contributed by atoms with Gasteiger partial charge in [-0.1, -0.05) is 11.6 Å². The van der Waals surface area contributed by atoms with Crippen LogP contribution in [0.2, 0.25) is 0 Å². The molecular formula is C15H18N2O3. The van der Waals surface area contributed by atoms with E-state index in [1.165, 1.54) is 4.90 Å². The number of nitrogens with zero attached hydrogens (tertiary/aromatic N) is 2. The first-order chi connectivity index (χ1) is 9.56. The predicted octanol–water partition coefficient (Wildman–Crippen LogP) is 0.939. The summed E-state index contributed by atoms with van der Waals surface area (Å²) in [7, 11) is 0. The third-order valence-electron chi connectivity index (χ3n) is 3.95. The molecule has 2 aliphatic rings. The van der Waals surface area contributed by atoms with Gasteiger partial charge in [-0.2, -0.15) is 0 Å². The minimum absolute atomic E-state index is 0.338. The van der Waals surface area contributed by atoms with E-state index in [1.54, 1.807) is 6.07 Å². The molecule has 1 N–H and O–H groups in total. The number of amides is 1. The van der Waals surface area contributed by atoms with E-state index in [2.05, 4.69) is 0 Å². The van der Waals surface area contributed by atoms with Gasteiger partial charge in [0.25, 0.3) is 5.78 Å². The Hall–Kier alpha value is -1.72. The van der Waals surface area contributed by atoms with Crippen LogP contribution in [0.5, 0.6) is 0 Å². The highest BCUT2D eigenvalue weighted by Crippen LogP contribution is 2.30. The maximum Gasteiger partial charge on any atom is 0.300 e. The summed E-state index contributed by atoms with van der Waals surface area (Å²) in [6.45, 7) is 3.68. The average molecular weight is 274 g/mol. The molecule has 0 spiro atoms. The first-order valence-electron chi connectivity index (χ1n) is 6.93. The summed E-state index contributed by atoms with van der Waals surface area (Å²) in [5.74, 6) is -0.896. The fraction of sp³-hybridized carbons (Fsp3) is 0.467. The molecule has 2 aliphatic heterocycles. The average Bonchev–Trinajstić information content (AvgIpc) is 2.64. The number of likely N-dealkylation sites (tertiary alicyclic amines) is 1. The summed E-state index contributed by atoms with van der Waals surface area (Å²) in [4.78, 5) is 27.7. The normalized spacial score (nSPS) is 23.3. The van der Waals surface area contributed by atoms with Crippen molar-refractivity contribution in [3.05, 3.63) is 29.3 Å². The van der Waals surface area contributed by atoms with E-state index in [9.17, 15) is 14.7 Å². The molecule has 1 saturated heterocycles. The summed E-state index contributed by atoms with van der Waals surface area (Å²) in [5, 5.41) is 9.69. The van der Waals surface area contributed by atoms with Crippen LogP contribution >= 0.6 is 0 Å². The van der Waals surface area contributed by atoms with E-state index in [-0.39, 0.29) is 6.10 Å². The summed E-state index contributed by atoms with van der Waals surface area (Å²) < 4.78 is 0. The molecule has 5 nitrogen and oxygen atoms in total. The Morgan fingerprint density at radius 2 is 2.15 bits per heavy atom. The molecule has 2 heterocycles. The number of carbonyl (C=O) groups is 2. The van der Waals surface area contributed by atoms with Crippen LogP contribution in [-0.4, -0.2) is 47.6 Å². The van der Waals surface area contributed by atoms with E-state index in [4.69, 9.17) is 0 Å². The quantitative estimate of drug-likeness (QED) is 0.815. The summed E-state index contributed by atoms with van der Waals surface area (Å²) in [5.41, 5.74) is 2.15. The van der Waals surface area contributed by atoms with Crippen LogP contribution in [-0.2, 0) is 4.79 Å². The number of anilines is 1. The van der Waals surface area contributed by atoms with E-state index >= 15 is 0 Å². The highest BCUT2D eigenvalue weighted by Gasteiger charge is 2.37. The van der Waals surface area contributed by atoms with Crippen molar-refractivity contribution in [1.82, 2.24) is 4.90 Å². The molecule has 0 aromatic heterocycles. The van der Waals surface area contributed by atoms with Crippen LogP contribution in [0.1, 0.15) is 28.8 Å². The Morgan fingerprint density at radius 1 is 1.35 bits per heavy atom. The fourth-order valence-corrected chi connectivity index (χ4v) is 2.91. The van der Waals surface area contributed by atoms with Crippen molar-refractivity contribution in [3.63, 3.8) is 0 Å². The number of β-amino-alcohol motifs (C(OH)–C–C–N with tert-alkyl or cyclic N) is 1. The second-order valence-corrected chi connectivity index (χ2v) is 5.60. The van der Waals surface area contributed by atoms with E-state index < -0.39 is 11.7 Å². The molecule has 0 aliphatic carbocycles. The third-order valence-corrected chi connectivity index (χ3v) is 3.95. The number of hydrogen-bond donors (Lipinski definition) is 1. The third kappa shape index (κ3) is 2.23. The van der Waals surface area contributed by atoms with Gasteiger partial charge in [0, 0.05) is 13.1 Å². The Kier molecular flexibility index (Phi) is 3.31. The molecule has 3 rings (SSSR count). The topological polar surface area (TPSA) is 60.9 Å². The zero-order valence-corrected chi connectivity index (χ0v) is 11.5. The molecule has 1 atom stereocenters. The number of fused-ring (bicyclic) bond motifs is 1. The van der Waals surface area contributed by atoms with Gasteiger partial charge >= 0.3 is 5.91 Å². The lowest BCUT2D eigenvalue weighted by atomic mass is 10.1. The molecule has 0 radical (unpaired) electrons. The van der Waals surface area contributed by atoms with Crippen molar-refractivity contribution in [2.45, 2.75) is 25.9 Å². The monoisotopic (exact) mass is 274 g/mol. The molecule has 1 amide bonds. The predicted molar refractivity (Wildman–Crippen MR) is 74.7 cm³/mol. The Labute approximate surface area is 117 Å². The highest BCUT2D eigenvalue weighted by molar-refractivity contribution is 6.52. The summed E-state index contributed by atoms with van der Waals surface area (Å²) in [6, 6.07) is 5.50. The van der Waals surface area contributed by atoms with Gasteiger partial charge in [0.15, 0.2) is 0 Å². The van der Waals surface area contributed by atoms with Crippen molar-refractivity contribution >= 4 is 17.4 Å². The number of rotatable bonds is 2. The molecule has 1 aromatic carbocycles. The number of aryl methyl sites for hydroxylation is 1. The first-order valence-corrected chi connectivity index (χ1v) is 6.93. The molecule has 20 heavy (non-hydrogen) atoms. The SMILES string of the molecule is Cc1ccc2c(c1)C(=O)C(=O)N2CN1CCC[C@@H](O)C1. The van der Waals surface area contributed by atoms with Crippen LogP contribution in [0.3, 0.4) is 0 Å². The molecule has 0 bridgehead atoms. The van der Waals surface area contributed by atoms with Gasteiger partial charge in [-0.15, -0.1) is 0 Å². The van der Waals surface area contributed by atoms with Gasteiger partial charge in [0.05, 0.1) is 24.0 Å². The van der Waals surface area contributed by atoms with Crippen molar-refractivity contribution in [2.75, 3.05) is 24.7 Å². The van der Waals surface area contributed by atoms with Gasteiger partial charge in [-0.25, -0.2) is 0 Å². The van der Waals surface area contributed by atoms with Crippen LogP contribution < -0.4 is 4.90 Å². The number of aliphatic hydroxyl groups is 1. The highest BCUT2D eigenvalue weighted by atomic mass is 16.3. The molecule has 0 saturated carbocycles. The van der Waals surface area contributed by atoms with Crippen molar-refractivity contribution in [1.29, 1.82) is 0 Å². The van der Waals surface area contributed by atoms with Gasteiger partial charge in [-0.05, 0) is 31.9 Å². The second kappa shape index (κ2) is 5.00. The van der Waals surface area contributed by atoms with Gasteiger partial charge < -0.3 is 5.11 Å². The standard InChI is InChI=1S/C15H18N2O3/c1-10-4-5-13-12(7-10)14(19)15(20)17(13)9-16-6-2-3-11(18)8-16/h4-5,7,11,18H,2-3,6,8-9H2,1H3/t11-/m1/s1. The number of piperidine rings is 1. The zero-order valence-electron chi connectivity index (χ0n) is 11.5. The maximum absolute atomic E-state index is 12.1. The van der Waals surface area contributed by atoms with Crippen LogP contribution in [0.4, 0.5) is 5.69 Å². The van der Waals surface area contributed by atoms with E-state index in [0.717, 1.165) is 24.9 Å².